The number of piperidine rings is 3. The standard InChI is InChI=1S/C20H21FN4O/c21-15-5-3-13(4-6-15)16-12-25(20(26)17-2-1-9-22-23-17)18-14-7-10-24(11-8-14)19(16)18/h1-6,9,14,16,18-19H,7-8,10-12H2/t16-,18+,19+/m1/s1. The van der Waals surface area contributed by atoms with E-state index in [0.717, 1.165) is 31.5 Å². The van der Waals surface area contributed by atoms with E-state index in [0.29, 0.717) is 24.2 Å². The fraction of sp³-hybridized carbons (Fsp3) is 0.450. The summed E-state index contributed by atoms with van der Waals surface area (Å²) in [6, 6.07) is 10.8. The number of benzene rings is 1. The highest BCUT2D eigenvalue weighted by molar-refractivity contribution is 5.92. The van der Waals surface area contributed by atoms with Crippen LogP contribution in [0.3, 0.4) is 0 Å². The largest absolute Gasteiger partial charge is 0.332 e. The van der Waals surface area contributed by atoms with Crippen LogP contribution < -0.4 is 0 Å². The minimum Gasteiger partial charge on any atom is -0.332 e. The fourth-order valence-electron chi connectivity index (χ4n) is 5.22. The van der Waals surface area contributed by atoms with E-state index in [9.17, 15) is 9.18 Å². The van der Waals surface area contributed by atoms with E-state index in [1.165, 1.54) is 12.1 Å². The zero-order valence-corrected chi connectivity index (χ0v) is 14.5. The van der Waals surface area contributed by atoms with Crippen LogP contribution in [0.5, 0.6) is 0 Å². The van der Waals surface area contributed by atoms with Gasteiger partial charge in [-0.15, -0.1) is 5.10 Å². The van der Waals surface area contributed by atoms with Gasteiger partial charge < -0.3 is 4.90 Å². The number of fused-ring (bicyclic) bond motifs is 2. The second-order valence-electron chi connectivity index (χ2n) is 7.58. The van der Waals surface area contributed by atoms with Gasteiger partial charge in [0.2, 0.25) is 0 Å². The van der Waals surface area contributed by atoms with Crippen LogP contribution in [-0.4, -0.2) is 57.6 Å². The molecule has 0 saturated carbocycles. The smallest absolute Gasteiger partial charge is 0.274 e. The summed E-state index contributed by atoms with van der Waals surface area (Å²) >= 11 is 0. The minimum absolute atomic E-state index is 0.0357. The van der Waals surface area contributed by atoms with Gasteiger partial charge in [0.05, 0.1) is 6.04 Å². The fourth-order valence-corrected chi connectivity index (χ4v) is 5.22. The molecule has 1 aromatic heterocycles. The zero-order chi connectivity index (χ0) is 17.7. The molecule has 0 radical (unpaired) electrons. The number of hydrogen-bond acceptors (Lipinski definition) is 4. The molecule has 6 heteroatoms. The van der Waals surface area contributed by atoms with E-state index in [1.807, 2.05) is 17.0 Å². The summed E-state index contributed by atoms with van der Waals surface area (Å²) in [5.41, 5.74) is 1.52. The van der Waals surface area contributed by atoms with Crippen LogP contribution >= 0.6 is 0 Å². The lowest BCUT2D eigenvalue weighted by atomic mass is 9.75. The van der Waals surface area contributed by atoms with E-state index in [-0.39, 0.29) is 23.7 Å². The third-order valence-electron chi connectivity index (χ3n) is 6.34. The summed E-state index contributed by atoms with van der Waals surface area (Å²) in [7, 11) is 0. The molecule has 0 spiro atoms. The maximum atomic E-state index is 13.4. The van der Waals surface area contributed by atoms with Gasteiger partial charge in [-0.1, -0.05) is 12.1 Å². The van der Waals surface area contributed by atoms with Crippen LogP contribution in [0.25, 0.3) is 0 Å². The third-order valence-corrected chi connectivity index (χ3v) is 6.34. The summed E-state index contributed by atoms with van der Waals surface area (Å²) in [6.07, 6.45) is 3.86. The molecule has 1 amide bonds. The SMILES string of the molecule is O=C(c1cccnn1)N1C[C@H](c2ccc(F)cc2)[C@H]2[C@@H]1C1CCN2CC1. The summed E-state index contributed by atoms with van der Waals surface area (Å²) in [5, 5.41) is 7.89. The van der Waals surface area contributed by atoms with E-state index in [1.54, 1.807) is 18.3 Å². The van der Waals surface area contributed by atoms with Crippen LogP contribution in [0.2, 0.25) is 0 Å². The predicted octanol–water partition coefficient (Wildman–Crippen LogP) is 2.32. The monoisotopic (exact) mass is 352 g/mol. The molecular weight excluding hydrogens is 331 g/mol. The van der Waals surface area contributed by atoms with Gasteiger partial charge in [0.25, 0.3) is 5.91 Å². The predicted molar refractivity (Wildman–Crippen MR) is 94.1 cm³/mol. The molecule has 1 aromatic carbocycles. The molecule has 0 aliphatic carbocycles. The molecule has 4 aliphatic heterocycles. The van der Waals surface area contributed by atoms with Crippen molar-refractivity contribution in [2.24, 2.45) is 5.92 Å². The summed E-state index contributed by atoms with van der Waals surface area (Å²) < 4.78 is 13.4. The van der Waals surface area contributed by atoms with E-state index in [4.69, 9.17) is 0 Å². The van der Waals surface area contributed by atoms with Gasteiger partial charge in [-0.25, -0.2) is 4.39 Å². The van der Waals surface area contributed by atoms with Gasteiger partial charge in [-0.05, 0) is 61.7 Å². The number of nitrogens with zero attached hydrogens (tertiary/aromatic N) is 4. The maximum absolute atomic E-state index is 13.4. The van der Waals surface area contributed by atoms with Crippen LogP contribution in [0.1, 0.15) is 34.8 Å². The van der Waals surface area contributed by atoms with Crippen molar-refractivity contribution in [3.63, 3.8) is 0 Å². The number of carbonyl (C=O) groups is 1. The number of rotatable bonds is 2. The lowest BCUT2D eigenvalue weighted by Gasteiger charge is -2.51. The van der Waals surface area contributed by atoms with Crippen LogP contribution in [0.4, 0.5) is 4.39 Å². The summed E-state index contributed by atoms with van der Waals surface area (Å²) in [5.74, 6) is 0.494. The normalized spacial score (nSPS) is 32.5. The molecule has 4 aliphatic rings. The minimum atomic E-state index is -0.221. The molecule has 4 saturated heterocycles. The van der Waals surface area contributed by atoms with Crippen molar-refractivity contribution in [1.82, 2.24) is 20.0 Å². The van der Waals surface area contributed by atoms with E-state index in [2.05, 4.69) is 15.1 Å². The first-order valence-electron chi connectivity index (χ1n) is 9.30. The number of likely N-dealkylation sites (tertiary alicyclic amines) is 1. The average molecular weight is 352 g/mol. The Morgan fingerprint density at radius 3 is 2.54 bits per heavy atom. The number of halogens is 1. The topological polar surface area (TPSA) is 49.3 Å². The van der Waals surface area contributed by atoms with Crippen molar-refractivity contribution >= 4 is 5.91 Å². The summed E-state index contributed by atoms with van der Waals surface area (Å²) in [6.45, 7) is 2.84. The molecule has 4 fully saturated rings. The highest BCUT2D eigenvalue weighted by Crippen LogP contribution is 2.46. The zero-order valence-electron chi connectivity index (χ0n) is 14.5. The first kappa shape index (κ1) is 15.9. The quantitative estimate of drug-likeness (QED) is 0.832. The maximum Gasteiger partial charge on any atom is 0.274 e. The van der Waals surface area contributed by atoms with Gasteiger partial charge in [0.1, 0.15) is 5.82 Å². The van der Waals surface area contributed by atoms with Crippen molar-refractivity contribution in [2.75, 3.05) is 19.6 Å². The van der Waals surface area contributed by atoms with E-state index >= 15 is 0 Å². The van der Waals surface area contributed by atoms with Crippen molar-refractivity contribution in [2.45, 2.75) is 30.8 Å². The molecule has 26 heavy (non-hydrogen) atoms. The van der Waals surface area contributed by atoms with Gasteiger partial charge in [-0.3, -0.25) is 9.69 Å². The van der Waals surface area contributed by atoms with Gasteiger partial charge in [0.15, 0.2) is 5.69 Å². The Morgan fingerprint density at radius 1 is 1.08 bits per heavy atom. The van der Waals surface area contributed by atoms with Crippen molar-refractivity contribution < 1.29 is 9.18 Å². The Kier molecular flexibility index (Phi) is 3.74. The molecule has 5 nitrogen and oxygen atoms in total. The molecule has 0 N–H and O–H groups in total. The van der Waals surface area contributed by atoms with Crippen LogP contribution in [0, 0.1) is 11.7 Å². The lowest BCUT2D eigenvalue weighted by molar-refractivity contribution is -0.00361. The molecule has 3 atom stereocenters. The Morgan fingerprint density at radius 2 is 1.85 bits per heavy atom. The highest BCUT2D eigenvalue weighted by atomic mass is 19.1. The van der Waals surface area contributed by atoms with Gasteiger partial charge in [-0.2, -0.15) is 5.10 Å². The Labute approximate surface area is 151 Å². The molecule has 5 heterocycles. The Balaban J connectivity index is 1.52. The molecule has 2 aromatic rings. The molecule has 6 rings (SSSR count). The number of hydrogen-bond donors (Lipinski definition) is 0. The van der Waals surface area contributed by atoms with Gasteiger partial charge >= 0.3 is 0 Å². The van der Waals surface area contributed by atoms with Crippen molar-refractivity contribution in [3.8, 4) is 0 Å². The third kappa shape index (κ3) is 2.43. The van der Waals surface area contributed by atoms with Crippen LogP contribution in [-0.2, 0) is 0 Å². The molecular formula is C20H21FN4O. The first-order chi connectivity index (χ1) is 12.7. The van der Waals surface area contributed by atoms with E-state index < -0.39 is 0 Å². The lowest BCUT2D eigenvalue weighted by Crippen LogP contribution is -2.60. The average Bonchev–Trinajstić information content (AvgIpc) is 3.12. The highest BCUT2D eigenvalue weighted by Gasteiger charge is 2.54. The summed E-state index contributed by atoms with van der Waals surface area (Å²) in [4.78, 5) is 17.7. The second kappa shape index (κ2) is 6.13. The number of carbonyl (C=O) groups excluding carboxylic acids is 1. The molecule has 134 valence electrons. The second-order valence-corrected chi connectivity index (χ2v) is 7.58. The van der Waals surface area contributed by atoms with Crippen LogP contribution in [0.15, 0.2) is 42.6 Å². The Bertz CT molecular complexity index is 804. The number of amides is 1. The first-order valence-corrected chi connectivity index (χ1v) is 9.30. The molecule has 2 bridgehead atoms. The van der Waals surface area contributed by atoms with Crippen molar-refractivity contribution in [3.05, 3.63) is 59.7 Å². The van der Waals surface area contributed by atoms with Crippen molar-refractivity contribution in [1.29, 1.82) is 0 Å². The number of aromatic nitrogens is 2. The van der Waals surface area contributed by atoms with Gasteiger partial charge in [0, 0.05) is 24.7 Å². The molecule has 0 unspecified atom stereocenters. The Hall–Kier alpha value is -2.34.